The van der Waals surface area contributed by atoms with Gasteiger partial charge in [-0.05, 0) is 36.5 Å². The molecule has 5 heteroatoms. The van der Waals surface area contributed by atoms with E-state index in [2.05, 4.69) is 9.78 Å². The van der Waals surface area contributed by atoms with Crippen LogP contribution in [0.5, 0.6) is 5.75 Å². The van der Waals surface area contributed by atoms with Gasteiger partial charge in [0, 0.05) is 12.8 Å². The van der Waals surface area contributed by atoms with E-state index in [1.165, 1.54) is 0 Å². The van der Waals surface area contributed by atoms with Crippen LogP contribution < -0.4 is 0 Å². The Morgan fingerprint density at radius 2 is 1.53 bits per heavy atom. The van der Waals surface area contributed by atoms with E-state index in [9.17, 15) is 5.11 Å². The summed E-state index contributed by atoms with van der Waals surface area (Å²) in [6.07, 6.45) is 2.33. The molecule has 5 nitrogen and oxygen atoms in total. The van der Waals surface area contributed by atoms with Gasteiger partial charge in [0.2, 0.25) is 5.79 Å². The first-order valence-corrected chi connectivity index (χ1v) is 5.63. The van der Waals surface area contributed by atoms with Gasteiger partial charge in [0.05, 0.1) is 0 Å². The highest BCUT2D eigenvalue weighted by Crippen LogP contribution is 2.40. The maximum absolute atomic E-state index is 9.21. The quantitative estimate of drug-likeness (QED) is 0.430. The van der Waals surface area contributed by atoms with Crippen molar-refractivity contribution < 1.29 is 25.4 Å². The standard InChI is InChI=1S/C12H16O5/c13-11-3-1-9(2-4-11)10-5-7-12(16-14,17-15)8-6-10/h1-4,10,13-15H,5-8H2. The van der Waals surface area contributed by atoms with Crippen molar-refractivity contribution in [1.29, 1.82) is 0 Å². The summed E-state index contributed by atoms with van der Waals surface area (Å²) in [7, 11) is 0. The second kappa shape index (κ2) is 5.01. The molecule has 0 saturated heterocycles. The highest BCUT2D eigenvalue weighted by Gasteiger charge is 2.39. The average Bonchev–Trinajstić information content (AvgIpc) is 2.40. The van der Waals surface area contributed by atoms with Gasteiger partial charge in [-0.3, -0.25) is 0 Å². The van der Waals surface area contributed by atoms with Crippen LogP contribution in [0.2, 0.25) is 0 Å². The molecule has 1 saturated carbocycles. The van der Waals surface area contributed by atoms with Crippen LogP contribution in [0.1, 0.15) is 37.2 Å². The first-order chi connectivity index (χ1) is 8.19. The molecular formula is C12H16O5. The molecule has 0 heterocycles. The van der Waals surface area contributed by atoms with Gasteiger partial charge in [0.25, 0.3) is 0 Å². The summed E-state index contributed by atoms with van der Waals surface area (Å²) in [5.74, 6) is -0.696. The summed E-state index contributed by atoms with van der Waals surface area (Å²) in [5, 5.41) is 26.6. The minimum atomic E-state index is -1.27. The zero-order valence-corrected chi connectivity index (χ0v) is 9.37. The van der Waals surface area contributed by atoms with E-state index >= 15 is 0 Å². The molecule has 0 amide bonds. The molecule has 1 aromatic carbocycles. The molecule has 0 aromatic heterocycles. The van der Waals surface area contributed by atoms with Crippen LogP contribution in [0.25, 0.3) is 0 Å². The second-order valence-electron chi connectivity index (χ2n) is 4.46. The minimum absolute atomic E-state index is 0.247. The molecule has 1 aromatic rings. The highest BCUT2D eigenvalue weighted by atomic mass is 17.2. The molecule has 1 aliphatic rings. The van der Waals surface area contributed by atoms with Gasteiger partial charge in [-0.25, -0.2) is 20.3 Å². The van der Waals surface area contributed by atoms with Crippen LogP contribution in [0.4, 0.5) is 0 Å². The maximum Gasteiger partial charge on any atom is 0.233 e. The van der Waals surface area contributed by atoms with Crippen LogP contribution in [-0.4, -0.2) is 21.4 Å². The Kier molecular flexibility index (Phi) is 3.63. The van der Waals surface area contributed by atoms with E-state index in [-0.39, 0.29) is 5.75 Å². The van der Waals surface area contributed by atoms with Crippen molar-refractivity contribution in [2.24, 2.45) is 0 Å². The third-order valence-electron chi connectivity index (χ3n) is 3.44. The van der Waals surface area contributed by atoms with Crippen LogP contribution in [0, 0.1) is 0 Å². The van der Waals surface area contributed by atoms with Gasteiger partial charge in [0.15, 0.2) is 0 Å². The van der Waals surface area contributed by atoms with Crippen molar-refractivity contribution in [3.8, 4) is 5.75 Å². The summed E-state index contributed by atoms with van der Waals surface area (Å²) in [6, 6.07) is 7.07. The summed E-state index contributed by atoms with van der Waals surface area (Å²) >= 11 is 0. The Morgan fingerprint density at radius 1 is 1.00 bits per heavy atom. The number of phenolic OH excluding ortho intramolecular Hbond substituents is 1. The Bertz CT molecular complexity index is 348. The number of benzene rings is 1. The molecule has 94 valence electrons. The molecule has 2 rings (SSSR count). The van der Waals surface area contributed by atoms with Crippen LogP contribution in [0.3, 0.4) is 0 Å². The monoisotopic (exact) mass is 240 g/mol. The molecular weight excluding hydrogens is 224 g/mol. The molecule has 0 unspecified atom stereocenters. The Morgan fingerprint density at radius 3 is 2.00 bits per heavy atom. The maximum atomic E-state index is 9.21. The largest absolute Gasteiger partial charge is 0.508 e. The van der Waals surface area contributed by atoms with E-state index in [1.54, 1.807) is 12.1 Å². The Hall–Kier alpha value is -1.14. The highest BCUT2D eigenvalue weighted by molar-refractivity contribution is 5.28. The number of hydrogen-bond acceptors (Lipinski definition) is 5. The average molecular weight is 240 g/mol. The fraction of sp³-hybridized carbons (Fsp3) is 0.500. The van der Waals surface area contributed by atoms with E-state index < -0.39 is 5.79 Å². The molecule has 17 heavy (non-hydrogen) atoms. The third kappa shape index (κ3) is 2.58. The molecule has 3 N–H and O–H groups in total. The topological polar surface area (TPSA) is 79.2 Å². The van der Waals surface area contributed by atoms with Gasteiger partial charge in [-0.2, -0.15) is 0 Å². The Labute approximate surface area is 99.1 Å². The molecule has 0 atom stereocenters. The number of phenols is 1. The lowest BCUT2D eigenvalue weighted by molar-refractivity contribution is -0.492. The van der Waals surface area contributed by atoms with E-state index in [0.29, 0.717) is 18.8 Å². The fourth-order valence-electron chi connectivity index (χ4n) is 2.34. The van der Waals surface area contributed by atoms with Crippen molar-refractivity contribution in [1.82, 2.24) is 0 Å². The normalized spacial score (nSPS) is 20.4. The molecule has 0 spiro atoms. The number of hydrogen-bond donors (Lipinski definition) is 3. The lowest BCUT2D eigenvalue weighted by atomic mass is 9.81. The van der Waals surface area contributed by atoms with Gasteiger partial charge >= 0.3 is 0 Å². The van der Waals surface area contributed by atoms with Crippen molar-refractivity contribution in [3.05, 3.63) is 29.8 Å². The Balaban J connectivity index is 2.01. The summed E-state index contributed by atoms with van der Waals surface area (Å²) in [5.41, 5.74) is 1.13. The zero-order chi connectivity index (χ0) is 12.3. The van der Waals surface area contributed by atoms with Gasteiger partial charge in [-0.15, -0.1) is 0 Å². The molecule has 0 aliphatic heterocycles. The first-order valence-electron chi connectivity index (χ1n) is 5.63. The summed E-state index contributed by atoms with van der Waals surface area (Å²) in [6.45, 7) is 0. The zero-order valence-electron chi connectivity index (χ0n) is 9.37. The summed E-state index contributed by atoms with van der Waals surface area (Å²) < 4.78 is 0. The lowest BCUT2D eigenvalue weighted by Crippen LogP contribution is -2.37. The van der Waals surface area contributed by atoms with Crippen molar-refractivity contribution in [2.75, 3.05) is 0 Å². The molecule has 1 aliphatic carbocycles. The van der Waals surface area contributed by atoms with Gasteiger partial charge < -0.3 is 5.11 Å². The van der Waals surface area contributed by atoms with Gasteiger partial charge in [0.1, 0.15) is 5.75 Å². The predicted molar refractivity (Wildman–Crippen MR) is 59.5 cm³/mol. The van der Waals surface area contributed by atoms with Crippen LogP contribution >= 0.6 is 0 Å². The van der Waals surface area contributed by atoms with Crippen LogP contribution in [0.15, 0.2) is 24.3 Å². The SMILES string of the molecule is OOC1(OO)CCC(c2ccc(O)cc2)CC1. The minimum Gasteiger partial charge on any atom is -0.508 e. The molecule has 0 radical (unpaired) electrons. The smallest absolute Gasteiger partial charge is 0.233 e. The first kappa shape index (κ1) is 12.3. The van der Waals surface area contributed by atoms with E-state index in [1.807, 2.05) is 12.1 Å². The van der Waals surface area contributed by atoms with E-state index in [0.717, 1.165) is 18.4 Å². The van der Waals surface area contributed by atoms with Crippen LogP contribution in [-0.2, 0) is 9.78 Å². The van der Waals surface area contributed by atoms with Crippen molar-refractivity contribution >= 4 is 0 Å². The van der Waals surface area contributed by atoms with Gasteiger partial charge in [-0.1, -0.05) is 12.1 Å². The predicted octanol–water partition coefficient (Wildman–Crippen LogP) is 2.73. The summed E-state index contributed by atoms with van der Waals surface area (Å²) in [4.78, 5) is 8.44. The second-order valence-corrected chi connectivity index (χ2v) is 4.46. The van der Waals surface area contributed by atoms with E-state index in [4.69, 9.17) is 10.5 Å². The number of aromatic hydroxyl groups is 1. The van der Waals surface area contributed by atoms with Crippen molar-refractivity contribution in [2.45, 2.75) is 37.4 Å². The fourth-order valence-corrected chi connectivity index (χ4v) is 2.34. The molecule has 0 bridgehead atoms. The lowest BCUT2D eigenvalue weighted by Gasteiger charge is -2.34. The third-order valence-corrected chi connectivity index (χ3v) is 3.44. The molecule has 1 fully saturated rings. The number of rotatable bonds is 3. The van der Waals surface area contributed by atoms with Crippen molar-refractivity contribution in [3.63, 3.8) is 0 Å².